The third-order valence-electron chi connectivity index (χ3n) is 1.21. The summed E-state index contributed by atoms with van der Waals surface area (Å²) in [5.41, 5.74) is 0.706. The standard InChI is InChI=1S/C6H13BO2/c1-3-5-6(4-2)7(8)9/h5,8-9H,3-4H2,1-2H3/b6-5-. The van der Waals surface area contributed by atoms with E-state index in [-0.39, 0.29) is 0 Å². The van der Waals surface area contributed by atoms with Crippen LogP contribution in [0.15, 0.2) is 11.5 Å². The summed E-state index contributed by atoms with van der Waals surface area (Å²) in [5, 5.41) is 17.3. The highest BCUT2D eigenvalue weighted by Crippen LogP contribution is 2.02. The summed E-state index contributed by atoms with van der Waals surface area (Å²) in [7, 11) is -1.25. The fraction of sp³-hybridized carbons (Fsp3) is 0.667. The van der Waals surface area contributed by atoms with Gasteiger partial charge in [-0.1, -0.05) is 19.9 Å². The largest absolute Gasteiger partial charge is 0.483 e. The summed E-state index contributed by atoms with van der Waals surface area (Å²) in [5.74, 6) is 0. The molecule has 0 aliphatic rings. The maximum atomic E-state index is 8.63. The molecule has 0 bridgehead atoms. The fourth-order valence-corrected chi connectivity index (χ4v) is 0.695. The lowest BCUT2D eigenvalue weighted by Crippen LogP contribution is -2.14. The molecule has 0 saturated carbocycles. The molecule has 2 nitrogen and oxygen atoms in total. The number of allylic oxidation sites excluding steroid dienone is 2. The van der Waals surface area contributed by atoms with Crippen LogP contribution in [0, 0.1) is 0 Å². The van der Waals surface area contributed by atoms with Gasteiger partial charge in [-0.3, -0.25) is 0 Å². The Hall–Kier alpha value is -0.275. The van der Waals surface area contributed by atoms with Gasteiger partial charge >= 0.3 is 7.12 Å². The summed E-state index contributed by atoms with van der Waals surface area (Å²) in [6.07, 6.45) is 3.41. The Kier molecular flexibility index (Phi) is 4.45. The van der Waals surface area contributed by atoms with Crippen LogP contribution >= 0.6 is 0 Å². The molecule has 0 fully saturated rings. The van der Waals surface area contributed by atoms with Crippen molar-refractivity contribution in [3.05, 3.63) is 11.5 Å². The minimum absolute atomic E-state index is 0.706. The molecule has 52 valence electrons. The van der Waals surface area contributed by atoms with Crippen LogP contribution in [0.4, 0.5) is 0 Å². The average Bonchev–Trinajstić information content (AvgIpc) is 1.82. The highest BCUT2D eigenvalue weighted by atomic mass is 16.4. The Morgan fingerprint density at radius 1 is 1.44 bits per heavy atom. The lowest BCUT2D eigenvalue weighted by atomic mass is 9.77. The van der Waals surface area contributed by atoms with E-state index in [2.05, 4.69) is 0 Å². The molecule has 0 saturated heterocycles. The van der Waals surface area contributed by atoms with E-state index >= 15 is 0 Å². The van der Waals surface area contributed by atoms with Crippen molar-refractivity contribution >= 4 is 7.12 Å². The molecule has 0 aromatic rings. The summed E-state index contributed by atoms with van der Waals surface area (Å²) in [4.78, 5) is 0. The van der Waals surface area contributed by atoms with Crippen LogP contribution in [0.25, 0.3) is 0 Å². The predicted molar refractivity (Wildman–Crippen MR) is 38.9 cm³/mol. The fourth-order valence-electron chi connectivity index (χ4n) is 0.695. The Morgan fingerprint density at radius 2 is 2.00 bits per heavy atom. The van der Waals surface area contributed by atoms with Crippen molar-refractivity contribution in [2.75, 3.05) is 0 Å². The molecular formula is C6H13BO2. The van der Waals surface area contributed by atoms with E-state index < -0.39 is 7.12 Å². The molecule has 9 heavy (non-hydrogen) atoms. The SMILES string of the molecule is CC/C=C(/CC)B(O)O. The molecule has 0 heterocycles. The maximum Gasteiger partial charge on any atom is 0.483 e. The lowest BCUT2D eigenvalue weighted by molar-refractivity contribution is 0.417. The van der Waals surface area contributed by atoms with Crippen LogP contribution in [0.1, 0.15) is 26.7 Å². The monoisotopic (exact) mass is 128 g/mol. The van der Waals surface area contributed by atoms with Crippen LogP contribution in [-0.4, -0.2) is 17.2 Å². The van der Waals surface area contributed by atoms with Gasteiger partial charge in [0.25, 0.3) is 0 Å². The van der Waals surface area contributed by atoms with Crippen molar-refractivity contribution in [3.8, 4) is 0 Å². The van der Waals surface area contributed by atoms with Crippen molar-refractivity contribution < 1.29 is 10.0 Å². The third kappa shape index (κ3) is 3.33. The van der Waals surface area contributed by atoms with Crippen molar-refractivity contribution in [3.63, 3.8) is 0 Å². The maximum absolute atomic E-state index is 8.63. The van der Waals surface area contributed by atoms with Gasteiger partial charge in [0.05, 0.1) is 0 Å². The normalized spacial score (nSPS) is 11.8. The number of hydrogen-bond donors (Lipinski definition) is 2. The molecule has 0 aliphatic carbocycles. The number of rotatable bonds is 3. The molecule has 0 aliphatic heterocycles. The van der Waals surface area contributed by atoms with Crippen molar-refractivity contribution in [1.82, 2.24) is 0 Å². The van der Waals surface area contributed by atoms with Gasteiger partial charge in [-0.15, -0.1) is 0 Å². The second-order valence-electron chi connectivity index (χ2n) is 1.91. The van der Waals surface area contributed by atoms with Gasteiger partial charge in [0.1, 0.15) is 0 Å². The van der Waals surface area contributed by atoms with Crippen molar-refractivity contribution in [2.24, 2.45) is 0 Å². The van der Waals surface area contributed by atoms with Crippen molar-refractivity contribution in [2.45, 2.75) is 26.7 Å². The second kappa shape index (κ2) is 4.59. The van der Waals surface area contributed by atoms with E-state index in [9.17, 15) is 0 Å². The summed E-state index contributed by atoms with van der Waals surface area (Å²) in [6, 6.07) is 0. The van der Waals surface area contributed by atoms with Gasteiger partial charge in [-0.05, 0) is 18.3 Å². The third-order valence-corrected chi connectivity index (χ3v) is 1.21. The highest BCUT2D eigenvalue weighted by Gasteiger charge is 2.10. The van der Waals surface area contributed by atoms with Gasteiger partial charge in [0, 0.05) is 0 Å². The van der Waals surface area contributed by atoms with E-state index in [1.807, 2.05) is 19.9 Å². The highest BCUT2D eigenvalue weighted by molar-refractivity contribution is 6.50. The Morgan fingerprint density at radius 3 is 2.11 bits per heavy atom. The zero-order valence-corrected chi connectivity index (χ0v) is 5.96. The number of hydrogen-bond acceptors (Lipinski definition) is 2. The molecule has 0 radical (unpaired) electrons. The van der Waals surface area contributed by atoms with E-state index in [0.717, 1.165) is 6.42 Å². The zero-order valence-electron chi connectivity index (χ0n) is 5.96. The van der Waals surface area contributed by atoms with E-state index in [1.54, 1.807) is 0 Å². The minimum Gasteiger partial charge on any atom is -0.423 e. The first kappa shape index (κ1) is 8.72. The second-order valence-corrected chi connectivity index (χ2v) is 1.91. The van der Waals surface area contributed by atoms with E-state index in [0.29, 0.717) is 11.9 Å². The van der Waals surface area contributed by atoms with Crippen LogP contribution in [-0.2, 0) is 0 Å². The molecule has 3 heteroatoms. The molecule has 0 rings (SSSR count). The molecular weight excluding hydrogens is 115 g/mol. The van der Waals surface area contributed by atoms with Gasteiger partial charge < -0.3 is 10.0 Å². The van der Waals surface area contributed by atoms with Crippen LogP contribution in [0.3, 0.4) is 0 Å². The Bertz CT molecular complexity index is 99.2. The molecule has 0 aromatic carbocycles. The molecule has 2 N–H and O–H groups in total. The van der Waals surface area contributed by atoms with Gasteiger partial charge in [-0.25, -0.2) is 0 Å². The molecule has 0 aromatic heterocycles. The van der Waals surface area contributed by atoms with Crippen LogP contribution < -0.4 is 0 Å². The molecule has 0 atom stereocenters. The minimum atomic E-state index is -1.25. The zero-order chi connectivity index (χ0) is 7.28. The molecule has 0 unspecified atom stereocenters. The van der Waals surface area contributed by atoms with Crippen LogP contribution in [0.5, 0.6) is 0 Å². The van der Waals surface area contributed by atoms with Crippen molar-refractivity contribution in [1.29, 1.82) is 0 Å². The summed E-state index contributed by atoms with van der Waals surface area (Å²) in [6.45, 7) is 3.87. The Balaban J connectivity index is 3.81. The first-order valence-electron chi connectivity index (χ1n) is 3.27. The average molecular weight is 128 g/mol. The predicted octanol–water partition coefficient (Wildman–Crippen LogP) is 0.745. The lowest BCUT2D eigenvalue weighted by Gasteiger charge is -1.99. The topological polar surface area (TPSA) is 40.5 Å². The van der Waals surface area contributed by atoms with Crippen LogP contribution in [0.2, 0.25) is 0 Å². The summed E-state index contributed by atoms with van der Waals surface area (Å²) >= 11 is 0. The molecule has 0 spiro atoms. The van der Waals surface area contributed by atoms with Gasteiger partial charge in [-0.2, -0.15) is 0 Å². The smallest absolute Gasteiger partial charge is 0.423 e. The van der Waals surface area contributed by atoms with Gasteiger partial charge in [0.2, 0.25) is 0 Å². The Labute approximate surface area is 56.4 Å². The van der Waals surface area contributed by atoms with E-state index in [1.165, 1.54) is 0 Å². The van der Waals surface area contributed by atoms with E-state index in [4.69, 9.17) is 10.0 Å². The van der Waals surface area contributed by atoms with Gasteiger partial charge in [0.15, 0.2) is 0 Å². The first-order chi connectivity index (χ1) is 4.22. The quantitative estimate of drug-likeness (QED) is 0.550. The molecule has 0 amide bonds. The summed E-state index contributed by atoms with van der Waals surface area (Å²) < 4.78 is 0. The first-order valence-corrected chi connectivity index (χ1v) is 3.27.